The van der Waals surface area contributed by atoms with Crippen molar-refractivity contribution in [3.63, 3.8) is 0 Å². The maximum absolute atomic E-state index is 15.9. The zero-order chi connectivity index (χ0) is 24.8. The highest BCUT2D eigenvalue weighted by molar-refractivity contribution is 5.97. The van der Waals surface area contributed by atoms with Crippen molar-refractivity contribution in [2.24, 2.45) is 0 Å². The molecule has 0 unspecified atom stereocenters. The summed E-state index contributed by atoms with van der Waals surface area (Å²) < 4.78 is 79.1. The molecule has 5 heterocycles. The molecule has 35 heavy (non-hydrogen) atoms. The predicted molar refractivity (Wildman–Crippen MR) is 118 cm³/mol. The third-order valence-electron chi connectivity index (χ3n) is 7.20. The Labute approximate surface area is 196 Å². The maximum Gasteiger partial charge on any atom is 0.417 e. The average molecular weight is 492 g/mol. The molecule has 3 aliphatic rings. The molecule has 3 N–H and O–H groups in total. The fourth-order valence-corrected chi connectivity index (χ4v) is 5.83. The van der Waals surface area contributed by atoms with E-state index in [1.165, 1.54) is 0 Å². The molecule has 0 saturated carbocycles. The zero-order valence-electron chi connectivity index (χ0n) is 18.7. The molecule has 2 fully saturated rings. The number of nitrogen functional groups attached to an aromatic ring is 1. The molecule has 12 heteroatoms. The summed E-state index contributed by atoms with van der Waals surface area (Å²) in [5.74, 6) is -2.35. The lowest BCUT2D eigenvalue weighted by molar-refractivity contribution is -0.137. The average Bonchev–Trinajstić information content (AvgIpc) is 3.11. The summed E-state index contributed by atoms with van der Waals surface area (Å²) >= 11 is 0. The summed E-state index contributed by atoms with van der Waals surface area (Å²) in [6.45, 7) is 3.56. The van der Waals surface area contributed by atoms with Gasteiger partial charge in [-0.25, -0.2) is 23.7 Å². The van der Waals surface area contributed by atoms with Crippen molar-refractivity contribution in [2.45, 2.75) is 57.1 Å². The lowest BCUT2D eigenvalue weighted by atomic mass is 9.96. The van der Waals surface area contributed by atoms with Gasteiger partial charge in [-0.2, -0.15) is 13.2 Å². The molecule has 2 aromatic heterocycles. The molecular formula is C23H21F5N6O. The second-order valence-electron chi connectivity index (χ2n) is 9.36. The highest BCUT2D eigenvalue weighted by Gasteiger charge is 2.47. The molecule has 0 radical (unpaired) electrons. The van der Waals surface area contributed by atoms with Crippen molar-refractivity contribution >= 4 is 22.4 Å². The van der Waals surface area contributed by atoms with E-state index in [1.54, 1.807) is 0 Å². The van der Waals surface area contributed by atoms with Crippen LogP contribution in [0.1, 0.15) is 30.9 Å². The van der Waals surface area contributed by atoms with Gasteiger partial charge < -0.3 is 20.7 Å². The van der Waals surface area contributed by atoms with Crippen molar-refractivity contribution in [2.75, 3.05) is 17.2 Å². The minimum Gasteiger partial charge on any atom is -0.472 e. The number of aryl methyl sites for hydroxylation is 1. The molecule has 7 nitrogen and oxygen atoms in total. The van der Waals surface area contributed by atoms with Crippen molar-refractivity contribution in [1.29, 1.82) is 0 Å². The van der Waals surface area contributed by atoms with Gasteiger partial charge in [0.1, 0.15) is 34.8 Å². The van der Waals surface area contributed by atoms with E-state index in [2.05, 4.69) is 20.3 Å². The number of hydrogen-bond acceptors (Lipinski definition) is 7. The zero-order valence-corrected chi connectivity index (χ0v) is 18.7. The van der Waals surface area contributed by atoms with Crippen LogP contribution >= 0.6 is 0 Å². The predicted octanol–water partition coefficient (Wildman–Crippen LogP) is 3.97. The van der Waals surface area contributed by atoms with Gasteiger partial charge in [0.15, 0.2) is 11.6 Å². The minimum absolute atomic E-state index is 0.0956. The Morgan fingerprint density at radius 1 is 1.17 bits per heavy atom. The van der Waals surface area contributed by atoms with E-state index in [1.807, 2.05) is 11.8 Å². The number of alkyl halides is 3. The third kappa shape index (κ3) is 3.15. The standard InChI is InChI=1S/C23H21F5N6O/c1-8-5-11(29)16(24)13(15(8)23(26,27)28)19-17(25)18-14-21(31-7-30-18)34-6-10-3-4-12(32-10)20(34)9(2)35-22(14)33-19/h5,7,9-10,12,20,32H,3-4,6,29H2,1-2H3/t9-,10+,12-,20+/m0/s1. The van der Waals surface area contributed by atoms with Crippen LogP contribution in [-0.2, 0) is 6.18 Å². The number of piperazine rings is 1. The van der Waals surface area contributed by atoms with E-state index in [-0.39, 0.29) is 40.5 Å². The molecule has 2 saturated heterocycles. The van der Waals surface area contributed by atoms with Crippen LogP contribution in [0, 0.1) is 18.6 Å². The third-order valence-corrected chi connectivity index (χ3v) is 7.20. The number of hydrogen-bond donors (Lipinski definition) is 2. The number of pyridine rings is 1. The molecule has 6 rings (SSSR count). The Morgan fingerprint density at radius 3 is 2.69 bits per heavy atom. The Morgan fingerprint density at radius 2 is 1.94 bits per heavy atom. The first-order valence-corrected chi connectivity index (χ1v) is 11.3. The van der Waals surface area contributed by atoms with E-state index in [9.17, 15) is 13.2 Å². The Bertz CT molecular complexity index is 1380. The maximum atomic E-state index is 15.9. The number of anilines is 2. The number of nitrogens with two attached hydrogens (primary N) is 1. The first kappa shape index (κ1) is 22.2. The van der Waals surface area contributed by atoms with Crippen LogP contribution in [0.15, 0.2) is 12.4 Å². The number of nitrogens with zero attached hydrogens (tertiary/aromatic N) is 4. The highest BCUT2D eigenvalue weighted by atomic mass is 19.4. The molecule has 0 amide bonds. The van der Waals surface area contributed by atoms with Gasteiger partial charge in [-0.1, -0.05) is 0 Å². The molecule has 0 aliphatic carbocycles. The molecule has 3 aliphatic heterocycles. The van der Waals surface area contributed by atoms with Crippen LogP contribution in [-0.4, -0.2) is 45.7 Å². The summed E-state index contributed by atoms with van der Waals surface area (Å²) in [4.78, 5) is 14.6. The van der Waals surface area contributed by atoms with E-state index in [0.29, 0.717) is 12.4 Å². The van der Waals surface area contributed by atoms with Gasteiger partial charge in [0.05, 0.1) is 22.9 Å². The lowest BCUT2D eigenvalue weighted by Crippen LogP contribution is -2.62. The fourth-order valence-electron chi connectivity index (χ4n) is 5.83. The minimum atomic E-state index is -4.98. The van der Waals surface area contributed by atoms with Crippen LogP contribution in [0.5, 0.6) is 5.88 Å². The van der Waals surface area contributed by atoms with Gasteiger partial charge >= 0.3 is 6.18 Å². The fraction of sp³-hybridized carbons (Fsp3) is 0.435. The van der Waals surface area contributed by atoms with Gasteiger partial charge in [-0.3, -0.25) is 0 Å². The van der Waals surface area contributed by atoms with Crippen LogP contribution in [0.4, 0.5) is 33.5 Å². The van der Waals surface area contributed by atoms with Crippen LogP contribution in [0.2, 0.25) is 0 Å². The Kier molecular flexibility index (Phi) is 4.67. The molecule has 184 valence electrons. The molecule has 2 bridgehead atoms. The van der Waals surface area contributed by atoms with Crippen LogP contribution in [0.25, 0.3) is 22.2 Å². The molecule has 4 atom stereocenters. The number of aromatic nitrogens is 3. The van der Waals surface area contributed by atoms with Crippen molar-refractivity contribution in [3.05, 3.63) is 35.2 Å². The van der Waals surface area contributed by atoms with Gasteiger partial charge in [-0.15, -0.1) is 0 Å². The van der Waals surface area contributed by atoms with E-state index >= 15 is 8.78 Å². The lowest BCUT2D eigenvalue weighted by Gasteiger charge is -2.42. The highest BCUT2D eigenvalue weighted by Crippen LogP contribution is 2.47. The molecule has 1 aromatic carbocycles. The van der Waals surface area contributed by atoms with Gasteiger partial charge in [0, 0.05) is 18.6 Å². The van der Waals surface area contributed by atoms with Gasteiger partial charge in [-0.05, 0) is 38.3 Å². The van der Waals surface area contributed by atoms with Gasteiger partial charge in [0.2, 0.25) is 5.88 Å². The van der Waals surface area contributed by atoms with Crippen molar-refractivity contribution < 1.29 is 26.7 Å². The normalized spacial score (nSPS) is 25.4. The van der Waals surface area contributed by atoms with Crippen LogP contribution in [0.3, 0.4) is 0 Å². The van der Waals surface area contributed by atoms with Crippen molar-refractivity contribution in [3.8, 4) is 17.1 Å². The van der Waals surface area contributed by atoms with E-state index in [0.717, 1.165) is 32.2 Å². The second-order valence-corrected chi connectivity index (χ2v) is 9.36. The largest absolute Gasteiger partial charge is 0.472 e. The monoisotopic (exact) mass is 492 g/mol. The summed E-state index contributed by atoms with van der Waals surface area (Å²) in [6.07, 6.45) is -2.41. The summed E-state index contributed by atoms with van der Waals surface area (Å²) in [7, 11) is 0. The number of nitrogens with one attached hydrogen (secondary N) is 1. The first-order chi connectivity index (χ1) is 16.6. The van der Waals surface area contributed by atoms with Crippen LogP contribution < -0.4 is 20.7 Å². The SMILES string of the molecule is Cc1cc(N)c(F)c(-c2nc3c4c(ncnc4c2F)N2C[C@H]4CC[C@H](N4)[C@H]2[C@H](C)O3)c1C(F)(F)F. The number of rotatable bonds is 1. The second kappa shape index (κ2) is 7.36. The number of ether oxygens (including phenoxy) is 1. The van der Waals surface area contributed by atoms with Crippen molar-refractivity contribution in [1.82, 2.24) is 20.3 Å². The number of halogens is 5. The summed E-state index contributed by atoms with van der Waals surface area (Å²) in [5, 5.41) is 3.70. The number of fused-ring (bicyclic) bond motifs is 5. The topological polar surface area (TPSA) is 89.2 Å². The quantitative estimate of drug-likeness (QED) is 0.393. The molecular weight excluding hydrogens is 471 g/mol. The smallest absolute Gasteiger partial charge is 0.417 e. The Balaban J connectivity index is 1.65. The van der Waals surface area contributed by atoms with E-state index < -0.39 is 46.4 Å². The molecule has 3 aromatic rings. The van der Waals surface area contributed by atoms with E-state index in [4.69, 9.17) is 10.5 Å². The summed E-state index contributed by atoms with van der Waals surface area (Å²) in [6, 6.07) is 1.03. The first-order valence-electron chi connectivity index (χ1n) is 11.3. The number of benzene rings is 1. The summed E-state index contributed by atoms with van der Waals surface area (Å²) in [5.41, 5.74) is 1.18. The molecule has 0 spiro atoms. The van der Waals surface area contributed by atoms with Gasteiger partial charge in [0.25, 0.3) is 0 Å². The Hall–Kier alpha value is -3.28.